The maximum absolute atomic E-state index is 4.40. The summed E-state index contributed by atoms with van der Waals surface area (Å²) in [7, 11) is 0. The highest BCUT2D eigenvalue weighted by Crippen LogP contribution is 2.30. The van der Waals surface area contributed by atoms with Crippen LogP contribution in [0.5, 0.6) is 0 Å². The van der Waals surface area contributed by atoms with Crippen LogP contribution in [0, 0.1) is 0 Å². The van der Waals surface area contributed by atoms with Crippen LogP contribution in [0.15, 0.2) is 24.4 Å². The standard InChI is InChI=1S/C11H15N/c1-2-6-10(7-3-1)11-8-4-5-9-12-11/h4-5,8-10H,1-3,6-7H2. The van der Waals surface area contributed by atoms with Gasteiger partial charge in [0.2, 0.25) is 0 Å². The molecule has 1 heteroatoms. The Bertz CT molecular complexity index is 224. The Morgan fingerprint density at radius 1 is 1.08 bits per heavy atom. The number of aromatic nitrogens is 1. The third-order valence-corrected chi connectivity index (χ3v) is 2.71. The fourth-order valence-corrected chi connectivity index (χ4v) is 2.02. The minimum Gasteiger partial charge on any atom is -0.261 e. The third-order valence-electron chi connectivity index (χ3n) is 2.71. The van der Waals surface area contributed by atoms with Crippen LogP contribution in [0.4, 0.5) is 0 Å². The molecule has 12 heavy (non-hydrogen) atoms. The molecule has 0 atom stereocenters. The molecule has 0 N–H and O–H groups in total. The Balaban J connectivity index is 2.08. The van der Waals surface area contributed by atoms with E-state index < -0.39 is 0 Å². The molecule has 1 aromatic heterocycles. The highest BCUT2D eigenvalue weighted by Gasteiger charge is 2.15. The van der Waals surface area contributed by atoms with Crippen LogP contribution in [0.1, 0.15) is 43.7 Å². The molecule has 0 spiro atoms. The molecule has 0 bridgehead atoms. The van der Waals surface area contributed by atoms with Crippen molar-refractivity contribution in [2.75, 3.05) is 0 Å². The van der Waals surface area contributed by atoms with E-state index in [1.165, 1.54) is 37.8 Å². The van der Waals surface area contributed by atoms with Crippen LogP contribution in [0.2, 0.25) is 0 Å². The zero-order valence-corrected chi connectivity index (χ0v) is 7.37. The summed E-state index contributed by atoms with van der Waals surface area (Å²) < 4.78 is 0. The van der Waals surface area contributed by atoms with Crippen molar-refractivity contribution in [1.29, 1.82) is 0 Å². The van der Waals surface area contributed by atoms with Crippen LogP contribution < -0.4 is 0 Å². The quantitative estimate of drug-likeness (QED) is 0.616. The number of nitrogens with zero attached hydrogens (tertiary/aromatic N) is 1. The SMILES string of the molecule is c1ccc(C2CCCCC2)nc1. The molecule has 1 aliphatic rings. The Labute approximate surface area is 73.8 Å². The van der Waals surface area contributed by atoms with Crippen molar-refractivity contribution in [1.82, 2.24) is 4.98 Å². The summed E-state index contributed by atoms with van der Waals surface area (Å²) in [6, 6.07) is 6.25. The van der Waals surface area contributed by atoms with Crippen LogP contribution in [0.25, 0.3) is 0 Å². The van der Waals surface area contributed by atoms with Crippen LogP contribution in [-0.2, 0) is 0 Å². The van der Waals surface area contributed by atoms with E-state index >= 15 is 0 Å². The minimum absolute atomic E-state index is 0.750. The maximum Gasteiger partial charge on any atom is 0.0434 e. The lowest BCUT2D eigenvalue weighted by Gasteiger charge is -2.20. The lowest BCUT2D eigenvalue weighted by atomic mass is 9.87. The average Bonchev–Trinajstić information content (AvgIpc) is 2.21. The van der Waals surface area contributed by atoms with Crippen LogP contribution in [-0.4, -0.2) is 4.98 Å². The van der Waals surface area contributed by atoms with Crippen molar-refractivity contribution in [3.63, 3.8) is 0 Å². The summed E-state index contributed by atoms with van der Waals surface area (Å²) in [5, 5.41) is 0. The van der Waals surface area contributed by atoms with E-state index in [2.05, 4.69) is 17.1 Å². The molecular weight excluding hydrogens is 146 g/mol. The maximum atomic E-state index is 4.40. The molecule has 1 nitrogen and oxygen atoms in total. The van der Waals surface area contributed by atoms with Crippen molar-refractivity contribution in [3.05, 3.63) is 30.1 Å². The summed E-state index contributed by atoms with van der Waals surface area (Å²) in [5.41, 5.74) is 1.30. The van der Waals surface area contributed by atoms with E-state index in [9.17, 15) is 0 Å². The fraction of sp³-hybridized carbons (Fsp3) is 0.545. The molecule has 1 aromatic rings. The number of hydrogen-bond donors (Lipinski definition) is 0. The second kappa shape index (κ2) is 3.70. The lowest BCUT2D eigenvalue weighted by Crippen LogP contribution is -2.05. The Morgan fingerprint density at radius 2 is 1.92 bits per heavy atom. The van der Waals surface area contributed by atoms with Crippen molar-refractivity contribution < 1.29 is 0 Å². The zero-order chi connectivity index (χ0) is 8.23. The topological polar surface area (TPSA) is 12.9 Å². The monoisotopic (exact) mass is 161 g/mol. The van der Waals surface area contributed by atoms with Crippen molar-refractivity contribution in [2.24, 2.45) is 0 Å². The Kier molecular flexibility index (Phi) is 2.40. The summed E-state index contributed by atoms with van der Waals surface area (Å²) in [4.78, 5) is 4.40. The van der Waals surface area contributed by atoms with Gasteiger partial charge in [0, 0.05) is 17.8 Å². The predicted octanol–water partition coefficient (Wildman–Crippen LogP) is 3.13. The van der Waals surface area contributed by atoms with E-state index in [0.29, 0.717) is 0 Å². The molecule has 1 fully saturated rings. The first-order chi connectivity index (χ1) is 5.97. The number of hydrogen-bond acceptors (Lipinski definition) is 1. The van der Waals surface area contributed by atoms with Gasteiger partial charge in [-0.25, -0.2) is 0 Å². The first kappa shape index (κ1) is 7.78. The van der Waals surface area contributed by atoms with Gasteiger partial charge in [0.05, 0.1) is 0 Å². The highest BCUT2D eigenvalue weighted by molar-refractivity contribution is 5.09. The van der Waals surface area contributed by atoms with Gasteiger partial charge in [-0.2, -0.15) is 0 Å². The van der Waals surface area contributed by atoms with Crippen molar-refractivity contribution >= 4 is 0 Å². The third kappa shape index (κ3) is 1.66. The van der Waals surface area contributed by atoms with Gasteiger partial charge in [0.15, 0.2) is 0 Å². The molecule has 1 saturated carbocycles. The molecule has 0 saturated heterocycles. The molecule has 0 amide bonds. The van der Waals surface area contributed by atoms with Gasteiger partial charge in [-0.3, -0.25) is 4.98 Å². The molecule has 2 rings (SSSR count). The second-order valence-corrected chi connectivity index (χ2v) is 3.59. The largest absolute Gasteiger partial charge is 0.261 e. The first-order valence-corrected chi connectivity index (χ1v) is 4.88. The van der Waals surface area contributed by atoms with E-state index in [1.807, 2.05) is 12.3 Å². The van der Waals surface area contributed by atoms with E-state index in [4.69, 9.17) is 0 Å². The number of rotatable bonds is 1. The Morgan fingerprint density at radius 3 is 2.58 bits per heavy atom. The molecule has 1 aliphatic carbocycles. The van der Waals surface area contributed by atoms with Crippen LogP contribution >= 0.6 is 0 Å². The minimum atomic E-state index is 0.750. The summed E-state index contributed by atoms with van der Waals surface area (Å²) in [5.74, 6) is 0.750. The van der Waals surface area contributed by atoms with Crippen molar-refractivity contribution in [3.8, 4) is 0 Å². The average molecular weight is 161 g/mol. The van der Waals surface area contributed by atoms with Gasteiger partial charge in [-0.15, -0.1) is 0 Å². The van der Waals surface area contributed by atoms with Gasteiger partial charge in [0.25, 0.3) is 0 Å². The fourth-order valence-electron chi connectivity index (χ4n) is 2.02. The first-order valence-electron chi connectivity index (χ1n) is 4.88. The smallest absolute Gasteiger partial charge is 0.0434 e. The van der Waals surface area contributed by atoms with Crippen LogP contribution in [0.3, 0.4) is 0 Å². The second-order valence-electron chi connectivity index (χ2n) is 3.59. The van der Waals surface area contributed by atoms with E-state index in [1.54, 1.807) is 0 Å². The van der Waals surface area contributed by atoms with Gasteiger partial charge in [-0.1, -0.05) is 25.3 Å². The molecule has 0 unspecified atom stereocenters. The molecule has 0 aromatic carbocycles. The zero-order valence-electron chi connectivity index (χ0n) is 7.37. The summed E-state index contributed by atoms with van der Waals surface area (Å²) in [6.45, 7) is 0. The molecule has 0 aliphatic heterocycles. The molecule has 1 heterocycles. The molecular formula is C11H15N. The predicted molar refractivity (Wildman–Crippen MR) is 50.1 cm³/mol. The normalized spacial score (nSPS) is 19.3. The Hall–Kier alpha value is -0.850. The highest BCUT2D eigenvalue weighted by atomic mass is 14.7. The van der Waals surface area contributed by atoms with E-state index in [-0.39, 0.29) is 0 Å². The number of pyridine rings is 1. The van der Waals surface area contributed by atoms with Gasteiger partial charge in [-0.05, 0) is 25.0 Å². The molecule has 64 valence electrons. The lowest BCUT2D eigenvalue weighted by molar-refractivity contribution is 0.437. The van der Waals surface area contributed by atoms with Gasteiger partial charge in [0.1, 0.15) is 0 Å². The van der Waals surface area contributed by atoms with Gasteiger partial charge >= 0.3 is 0 Å². The van der Waals surface area contributed by atoms with Crippen molar-refractivity contribution in [2.45, 2.75) is 38.0 Å². The summed E-state index contributed by atoms with van der Waals surface area (Å²) >= 11 is 0. The van der Waals surface area contributed by atoms with Gasteiger partial charge < -0.3 is 0 Å². The van der Waals surface area contributed by atoms with E-state index in [0.717, 1.165) is 5.92 Å². The summed E-state index contributed by atoms with van der Waals surface area (Å²) in [6.07, 6.45) is 8.80. The molecule has 0 radical (unpaired) electrons.